The van der Waals surface area contributed by atoms with E-state index in [0.29, 0.717) is 38.5 Å². The molecule has 0 radical (unpaired) electrons. The van der Waals surface area contributed by atoms with Gasteiger partial charge in [0.05, 0.1) is 12.1 Å². The summed E-state index contributed by atoms with van der Waals surface area (Å²) in [6, 6.07) is -0.570. The summed E-state index contributed by atoms with van der Waals surface area (Å²) < 4.78 is 0. The van der Waals surface area contributed by atoms with Gasteiger partial charge >= 0.3 is 0 Å². The Morgan fingerprint density at radius 3 is 2.38 bits per heavy atom. The van der Waals surface area contributed by atoms with Crippen LogP contribution in [0.4, 0.5) is 0 Å². The van der Waals surface area contributed by atoms with Crippen LogP contribution >= 0.6 is 0 Å². The molecule has 5 heteroatoms. The van der Waals surface area contributed by atoms with Gasteiger partial charge in [-0.2, -0.15) is 0 Å². The van der Waals surface area contributed by atoms with Gasteiger partial charge in [0.15, 0.2) is 0 Å². The summed E-state index contributed by atoms with van der Waals surface area (Å²) in [6.45, 7) is 0. The molecule has 16 heavy (non-hydrogen) atoms. The molecule has 0 aromatic heterocycles. The van der Waals surface area contributed by atoms with Gasteiger partial charge in [-0.25, -0.2) is 0 Å². The average Bonchev–Trinajstić information content (AvgIpc) is 2.27. The molecule has 2 fully saturated rings. The lowest BCUT2D eigenvalue weighted by molar-refractivity contribution is -0.153. The highest BCUT2D eigenvalue weighted by atomic mass is 16.3. The van der Waals surface area contributed by atoms with E-state index in [1.54, 1.807) is 0 Å². The Morgan fingerprint density at radius 1 is 1.12 bits per heavy atom. The summed E-state index contributed by atoms with van der Waals surface area (Å²) in [5.74, 6) is -0.342. The first kappa shape index (κ1) is 11.5. The minimum Gasteiger partial charge on any atom is -0.393 e. The first-order chi connectivity index (χ1) is 7.59. The van der Waals surface area contributed by atoms with Gasteiger partial charge in [0.2, 0.25) is 11.8 Å². The van der Waals surface area contributed by atoms with E-state index in [4.69, 9.17) is 5.73 Å². The van der Waals surface area contributed by atoms with Crippen LogP contribution in [0, 0.1) is 0 Å². The maximum absolute atomic E-state index is 11.8. The number of aliphatic hydroxyl groups is 1. The Kier molecular flexibility index (Phi) is 3.25. The Bertz CT molecular complexity index is 298. The molecule has 90 valence electrons. The zero-order valence-corrected chi connectivity index (χ0v) is 9.26. The van der Waals surface area contributed by atoms with E-state index in [2.05, 4.69) is 0 Å². The Hall–Kier alpha value is -0.940. The van der Waals surface area contributed by atoms with Crippen molar-refractivity contribution in [3.05, 3.63) is 0 Å². The van der Waals surface area contributed by atoms with Gasteiger partial charge in [-0.15, -0.1) is 0 Å². The van der Waals surface area contributed by atoms with Gasteiger partial charge < -0.3 is 10.8 Å². The van der Waals surface area contributed by atoms with Gasteiger partial charge in [0.1, 0.15) is 0 Å². The molecule has 2 amide bonds. The van der Waals surface area contributed by atoms with Gasteiger partial charge in [-0.1, -0.05) is 0 Å². The predicted molar refractivity (Wildman–Crippen MR) is 57.3 cm³/mol. The van der Waals surface area contributed by atoms with Crippen molar-refractivity contribution in [3.8, 4) is 0 Å². The fourth-order valence-electron chi connectivity index (χ4n) is 2.52. The molecule has 1 aliphatic carbocycles. The van der Waals surface area contributed by atoms with Crippen molar-refractivity contribution in [3.63, 3.8) is 0 Å². The number of nitrogens with zero attached hydrogens (tertiary/aromatic N) is 1. The van der Waals surface area contributed by atoms with Crippen LogP contribution in [0.25, 0.3) is 0 Å². The molecule has 0 unspecified atom stereocenters. The van der Waals surface area contributed by atoms with Crippen LogP contribution in [0.2, 0.25) is 0 Å². The number of piperidine rings is 1. The maximum Gasteiger partial charge on any atom is 0.246 e. The minimum absolute atomic E-state index is 0.0465. The Labute approximate surface area is 94.6 Å². The normalized spacial score (nSPS) is 36.6. The highest BCUT2D eigenvalue weighted by Gasteiger charge is 2.38. The van der Waals surface area contributed by atoms with Gasteiger partial charge in [0, 0.05) is 12.5 Å². The number of nitrogens with two attached hydrogens (primary N) is 1. The van der Waals surface area contributed by atoms with E-state index in [-0.39, 0.29) is 24.0 Å². The number of aliphatic hydroxyl groups excluding tert-OH is 1. The second-order valence-corrected chi connectivity index (χ2v) is 4.71. The predicted octanol–water partition coefficient (Wildman–Crippen LogP) is -0.234. The van der Waals surface area contributed by atoms with Crippen LogP contribution in [0.15, 0.2) is 0 Å². The first-order valence-electron chi connectivity index (χ1n) is 5.89. The van der Waals surface area contributed by atoms with Crippen molar-refractivity contribution >= 4 is 11.8 Å². The van der Waals surface area contributed by atoms with Crippen molar-refractivity contribution in [1.82, 2.24) is 4.90 Å². The van der Waals surface area contributed by atoms with Crippen molar-refractivity contribution in [2.24, 2.45) is 5.73 Å². The molecule has 1 aliphatic heterocycles. The zero-order chi connectivity index (χ0) is 11.7. The van der Waals surface area contributed by atoms with Crippen molar-refractivity contribution in [2.45, 2.75) is 56.7 Å². The monoisotopic (exact) mass is 226 g/mol. The number of hydrogen-bond donors (Lipinski definition) is 2. The molecule has 1 atom stereocenters. The SMILES string of the molecule is N[C@H]1CCC(=O)N(C2CCC(O)CC2)C1=O. The molecule has 2 aliphatic rings. The number of imide groups is 1. The molecule has 0 spiro atoms. The minimum atomic E-state index is -0.524. The van der Waals surface area contributed by atoms with Crippen LogP contribution in [0.1, 0.15) is 38.5 Å². The third-order valence-corrected chi connectivity index (χ3v) is 3.52. The highest BCUT2D eigenvalue weighted by molar-refractivity contribution is 6.00. The smallest absolute Gasteiger partial charge is 0.246 e. The molecule has 1 saturated carbocycles. The summed E-state index contributed by atoms with van der Waals surface area (Å²) in [4.78, 5) is 24.9. The molecular weight excluding hydrogens is 208 g/mol. The van der Waals surface area contributed by atoms with Crippen LogP contribution in [-0.4, -0.2) is 40.0 Å². The summed E-state index contributed by atoms with van der Waals surface area (Å²) in [5.41, 5.74) is 5.67. The lowest BCUT2D eigenvalue weighted by atomic mass is 9.90. The van der Waals surface area contributed by atoms with Crippen LogP contribution < -0.4 is 5.73 Å². The van der Waals surface area contributed by atoms with Crippen LogP contribution in [0.5, 0.6) is 0 Å². The third-order valence-electron chi connectivity index (χ3n) is 3.52. The number of likely N-dealkylation sites (tertiary alicyclic amines) is 1. The number of rotatable bonds is 1. The molecule has 2 rings (SSSR count). The molecule has 5 nitrogen and oxygen atoms in total. The van der Waals surface area contributed by atoms with Crippen LogP contribution in [0.3, 0.4) is 0 Å². The molecule has 3 N–H and O–H groups in total. The second-order valence-electron chi connectivity index (χ2n) is 4.71. The lowest BCUT2D eigenvalue weighted by Crippen LogP contribution is -2.56. The second kappa shape index (κ2) is 4.51. The topological polar surface area (TPSA) is 83.6 Å². The molecule has 1 heterocycles. The van der Waals surface area contributed by atoms with E-state index < -0.39 is 6.04 Å². The Morgan fingerprint density at radius 2 is 1.75 bits per heavy atom. The molecule has 0 bridgehead atoms. The van der Waals surface area contributed by atoms with Gasteiger partial charge in [0.25, 0.3) is 0 Å². The van der Waals surface area contributed by atoms with Crippen molar-refractivity contribution in [2.75, 3.05) is 0 Å². The lowest BCUT2D eigenvalue weighted by Gasteiger charge is -2.38. The zero-order valence-electron chi connectivity index (χ0n) is 9.26. The van der Waals surface area contributed by atoms with Crippen molar-refractivity contribution in [1.29, 1.82) is 0 Å². The summed E-state index contributed by atoms with van der Waals surface area (Å²) >= 11 is 0. The average molecular weight is 226 g/mol. The number of carbonyl (C=O) groups is 2. The summed E-state index contributed by atoms with van der Waals surface area (Å²) in [6.07, 6.45) is 3.28. The molecule has 0 aromatic carbocycles. The van der Waals surface area contributed by atoms with E-state index in [0.717, 1.165) is 0 Å². The number of hydrogen-bond acceptors (Lipinski definition) is 4. The quantitative estimate of drug-likeness (QED) is 0.605. The van der Waals surface area contributed by atoms with E-state index in [1.807, 2.05) is 0 Å². The van der Waals surface area contributed by atoms with E-state index in [1.165, 1.54) is 4.90 Å². The summed E-state index contributed by atoms with van der Waals surface area (Å²) in [5, 5.41) is 9.40. The number of carbonyl (C=O) groups excluding carboxylic acids is 2. The fraction of sp³-hybridized carbons (Fsp3) is 0.818. The maximum atomic E-state index is 11.8. The van der Waals surface area contributed by atoms with Gasteiger partial charge in [-0.05, 0) is 32.1 Å². The van der Waals surface area contributed by atoms with Crippen LogP contribution in [-0.2, 0) is 9.59 Å². The number of amides is 2. The highest BCUT2D eigenvalue weighted by Crippen LogP contribution is 2.26. The van der Waals surface area contributed by atoms with E-state index in [9.17, 15) is 14.7 Å². The first-order valence-corrected chi connectivity index (χ1v) is 5.89. The molecular formula is C11H18N2O3. The largest absolute Gasteiger partial charge is 0.393 e. The molecule has 0 aromatic rings. The molecule has 1 saturated heterocycles. The van der Waals surface area contributed by atoms with Crippen molar-refractivity contribution < 1.29 is 14.7 Å². The third kappa shape index (κ3) is 2.10. The van der Waals surface area contributed by atoms with E-state index >= 15 is 0 Å². The standard InChI is InChI=1S/C11H18N2O3/c12-9-5-6-10(15)13(11(9)16)7-1-3-8(14)4-2-7/h7-9,14H,1-6,12H2/t7?,8?,9-/m0/s1. The van der Waals surface area contributed by atoms with Gasteiger partial charge in [-0.3, -0.25) is 14.5 Å². The Balaban J connectivity index is 2.06. The fourth-order valence-corrected chi connectivity index (χ4v) is 2.52. The summed E-state index contributed by atoms with van der Waals surface area (Å²) in [7, 11) is 0.